The molecular weight excluding hydrogens is 290 g/mol. The average molecular weight is 311 g/mol. The highest BCUT2D eigenvalue weighted by molar-refractivity contribution is 7.89. The third kappa shape index (κ3) is 2.95. The Morgan fingerprint density at radius 2 is 2.10 bits per heavy atom. The van der Waals surface area contributed by atoms with Crippen LogP contribution in [0.25, 0.3) is 0 Å². The van der Waals surface area contributed by atoms with Crippen molar-refractivity contribution in [3.05, 3.63) is 29.3 Å². The fourth-order valence-corrected chi connectivity index (χ4v) is 4.52. The Balaban J connectivity index is 2.41. The van der Waals surface area contributed by atoms with Crippen molar-refractivity contribution in [1.82, 2.24) is 4.31 Å². The minimum absolute atomic E-state index is 0.0955. The summed E-state index contributed by atoms with van der Waals surface area (Å²) < 4.78 is 26.9. The van der Waals surface area contributed by atoms with Crippen LogP contribution in [0.1, 0.15) is 29.3 Å². The van der Waals surface area contributed by atoms with Crippen LogP contribution in [0.4, 0.5) is 0 Å². The van der Waals surface area contributed by atoms with E-state index >= 15 is 0 Å². The molecule has 2 unspecified atom stereocenters. The quantitative estimate of drug-likeness (QED) is 0.842. The van der Waals surface area contributed by atoms with E-state index < -0.39 is 15.9 Å². The molecule has 7 heteroatoms. The van der Waals surface area contributed by atoms with Crippen molar-refractivity contribution < 1.29 is 13.2 Å². The Kier molecular flexibility index (Phi) is 4.36. The van der Waals surface area contributed by atoms with Crippen LogP contribution in [-0.2, 0) is 10.0 Å². The molecular formula is C14H21N3O3S. The first-order chi connectivity index (χ1) is 9.77. The molecule has 1 aliphatic rings. The smallest absolute Gasteiger partial charge is 0.249 e. The van der Waals surface area contributed by atoms with E-state index in [0.29, 0.717) is 18.7 Å². The number of sulfonamides is 1. The lowest BCUT2D eigenvalue weighted by Gasteiger charge is -2.21. The number of benzene rings is 1. The maximum Gasteiger partial charge on any atom is 0.249 e. The lowest BCUT2D eigenvalue weighted by Crippen LogP contribution is -2.34. The van der Waals surface area contributed by atoms with Gasteiger partial charge >= 0.3 is 0 Å². The second kappa shape index (κ2) is 5.75. The molecule has 0 spiro atoms. The molecule has 0 aliphatic carbocycles. The van der Waals surface area contributed by atoms with Crippen LogP contribution in [0.15, 0.2) is 23.1 Å². The molecule has 1 aromatic rings. The molecule has 0 bridgehead atoms. The number of primary amides is 1. The molecule has 1 fully saturated rings. The van der Waals surface area contributed by atoms with Crippen LogP contribution in [0.5, 0.6) is 0 Å². The summed E-state index contributed by atoms with van der Waals surface area (Å²) in [6.07, 6.45) is 0.754. The van der Waals surface area contributed by atoms with E-state index in [1.165, 1.54) is 16.4 Å². The van der Waals surface area contributed by atoms with Crippen molar-refractivity contribution in [2.24, 2.45) is 17.4 Å². The molecule has 1 amide bonds. The van der Waals surface area contributed by atoms with Crippen molar-refractivity contribution in [2.45, 2.75) is 31.2 Å². The number of nitrogens with zero attached hydrogens (tertiary/aromatic N) is 1. The zero-order valence-electron chi connectivity index (χ0n) is 12.2. The topological polar surface area (TPSA) is 106 Å². The van der Waals surface area contributed by atoms with E-state index in [9.17, 15) is 13.2 Å². The van der Waals surface area contributed by atoms with Crippen molar-refractivity contribution in [2.75, 3.05) is 13.1 Å². The number of rotatable bonds is 4. The lowest BCUT2D eigenvalue weighted by molar-refractivity contribution is 0.0999. The van der Waals surface area contributed by atoms with Crippen molar-refractivity contribution in [3.8, 4) is 0 Å². The van der Waals surface area contributed by atoms with Crippen LogP contribution in [0.2, 0.25) is 0 Å². The summed E-state index contributed by atoms with van der Waals surface area (Å²) in [7, 11) is -3.63. The van der Waals surface area contributed by atoms with Gasteiger partial charge in [-0.05, 0) is 50.4 Å². The predicted octanol–water partition coefficient (Wildman–Crippen LogP) is 0.452. The SMILES string of the molecule is Cc1ccc(S(=O)(=O)N2CC(CN)CC2C)cc1C(N)=O. The van der Waals surface area contributed by atoms with Crippen LogP contribution in [0.3, 0.4) is 0 Å². The fraction of sp³-hybridized carbons (Fsp3) is 0.500. The summed E-state index contributed by atoms with van der Waals surface area (Å²) in [6.45, 7) is 4.48. The molecule has 0 saturated carbocycles. The zero-order valence-corrected chi connectivity index (χ0v) is 13.1. The molecule has 1 aromatic carbocycles. The van der Waals surface area contributed by atoms with Crippen LogP contribution >= 0.6 is 0 Å². The summed E-state index contributed by atoms with van der Waals surface area (Å²) in [6, 6.07) is 4.38. The number of aryl methyl sites for hydroxylation is 1. The number of nitrogens with two attached hydrogens (primary N) is 2. The molecule has 2 rings (SSSR count). The predicted molar refractivity (Wildman–Crippen MR) is 80.2 cm³/mol. The van der Waals surface area contributed by atoms with Gasteiger partial charge in [0, 0.05) is 18.2 Å². The van der Waals surface area contributed by atoms with E-state index in [1.807, 2.05) is 6.92 Å². The molecule has 2 atom stereocenters. The second-order valence-electron chi connectivity index (χ2n) is 5.60. The van der Waals surface area contributed by atoms with Crippen molar-refractivity contribution >= 4 is 15.9 Å². The van der Waals surface area contributed by atoms with Gasteiger partial charge < -0.3 is 11.5 Å². The first kappa shape index (κ1) is 15.9. The van der Waals surface area contributed by atoms with Gasteiger partial charge in [0.25, 0.3) is 0 Å². The molecule has 0 radical (unpaired) electrons. The largest absolute Gasteiger partial charge is 0.366 e. The molecule has 4 N–H and O–H groups in total. The molecule has 21 heavy (non-hydrogen) atoms. The Morgan fingerprint density at radius 1 is 1.43 bits per heavy atom. The highest BCUT2D eigenvalue weighted by atomic mass is 32.2. The van der Waals surface area contributed by atoms with Gasteiger partial charge in [-0.3, -0.25) is 4.79 Å². The molecule has 0 aromatic heterocycles. The summed E-state index contributed by atoms with van der Waals surface area (Å²) in [5.74, 6) is -0.449. The van der Waals surface area contributed by atoms with E-state index in [1.54, 1.807) is 13.0 Å². The van der Waals surface area contributed by atoms with Crippen LogP contribution in [-0.4, -0.2) is 37.8 Å². The van der Waals surface area contributed by atoms with Gasteiger partial charge in [-0.2, -0.15) is 4.31 Å². The van der Waals surface area contributed by atoms with E-state index in [-0.39, 0.29) is 22.4 Å². The minimum Gasteiger partial charge on any atom is -0.366 e. The maximum absolute atomic E-state index is 12.7. The summed E-state index contributed by atoms with van der Waals surface area (Å²) in [5, 5.41) is 0. The first-order valence-corrected chi connectivity index (χ1v) is 8.33. The van der Waals surface area contributed by atoms with Gasteiger partial charge in [0.1, 0.15) is 0 Å². The third-order valence-corrected chi connectivity index (χ3v) is 5.99. The van der Waals surface area contributed by atoms with Gasteiger partial charge in [0.05, 0.1) is 4.90 Å². The Bertz CT molecular complexity index is 657. The molecule has 1 saturated heterocycles. The number of carbonyl (C=O) groups is 1. The highest BCUT2D eigenvalue weighted by Crippen LogP contribution is 2.29. The minimum atomic E-state index is -3.63. The monoisotopic (exact) mass is 311 g/mol. The second-order valence-corrected chi connectivity index (χ2v) is 7.49. The van der Waals surface area contributed by atoms with Gasteiger partial charge in [0.15, 0.2) is 0 Å². The summed E-state index contributed by atoms with van der Waals surface area (Å²) in [4.78, 5) is 11.5. The standard InChI is InChI=1S/C14H21N3O3S/c1-9-3-4-12(6-13(9)14(16)18)21(19,20)17-8-11(7-15)5-10(17)2/h3-4,6,10-11H,5,7-8,15H2,1-2H3,(H2,16,18). The Hall–Kier alpha value is -1.44. The van der Waals surface area contributed by atoms with Gasteiger partial charge in [-0.25, -0.2) is 8.42 Å². The highest BCUT2D eigenvalue weighted by Gasteiger charge is 2.37. The van der Waals surface area contributed by atoms with Gasteiger partial charge in [0.2, 0.25) is 15.9 Å². The summed E-state index contributed by atoms with van der Waals surface area (Å²) in [5.41, 5.74) is 11.8. The van der Waals surface area contributed by atoms with Crippen LogP contribution < -0.4 is 11.5 Å². The third-order valence-electron chi connectivity index (χ3n) is 4.02. The molecule has 1 aliphatic heterocycles. The zero-order chi connectivity index (χ0) is 15.8. The average Bonchev–Trinajstić information content (AvgIpc) is 2.80. The maximum atomic E-state index is 12.7. The van der Waals surface area contributed by atoms with E-state index in [2.05, 4.69) is 0 Å². The number of carbonyl (C=O) groups excluding carboxylic acids is 1. The molecule has 1 heterocycles. The van der Waals surface area contributed by atoms with Crippen LogP contribution in [0, 0.1) is 12.8 Å². The van der Waals surface area contributed by atoms with E-state index in [4.69, 9.17) is 11.5 Å². The number of hydrogen-bond acceptors (Lipinski definition) is 4. The first-order valence-electron chi connectivity index (χ1n) is 6.89. The fourth-order valence-electron chi connectivity index (χ4n) is 2.78. The molecule has 6 nitrogen and oxygen atoms in total. The summed E-state index contributed by atoms with van der Waals surface area (Å²) >= 11 is 0. The Morgan fingerprint density at radius 3 is 2.62 bits per heavy atom. The Labute approximate surface area is 125 Å². The lowest BCUT2D eigenvalue weighted by atomic mass is 10.1. The van der Waals surface area contributed by atoms with Gasteiger partial charge in [-0.1, -0.05) is 6.07 Å². The number of amides is 1. The van der Waals surface area contributed by atoms with Crippen molar-refractivity contribution in [3.63, 3.8) is 0 Å². The number of hydrogen-bond donors (Lipinski definition) is 2. The van der Waals surface area contributed by atoms with E-state index in [0.717, 1.165) is 6.42 Å². The van der Waals surface area contributed by atoms with Crippen molar-refractivity contribution in [1.29, 1.82) is 0 Å². The normalized spacial score (nSPS) is 23.4. The van der Waals surface area contributed by atoms with Gasteiger partial charge in [-0.15, -0.1) is 0 Å². The molecule has 116 valence electrons.